The number of aliphatic hydroxyl groups excluding tert-OH is 1. The van der Waals surface area contributed by atoms with Crippen molar-refractivity contribution in [3.63, 3.8) is 0 Å². The largest absolute Gasteiger partial charge is 0.461 e. The fourth-order valence-electron chi connectivity index (χ4n) is 10.6. The Hall–Kier alpha value is -3.04. The minimum atomic E-state index is -1.23. The first-order valence-corrected chi connectivity index (χ1v) is 15.6. The molecule has 9 heteroatoms. The molecule has 1 aromatic carbocycles. The van der Waals surface area contributed by atoms with Crippen molar-refractivity contribution in [2.24, 2.45) is 33.5 Å². The van der Waals surface area contributed by atoms with Gasteiger partial charge >= 0.3 is 17.9 Å². The highest BCUT2D eigenvalue weighted by molar-refractivity contribution is 5.85. The van der Waals surface area contributed by atoms with Crippen LogP contribution in [0, 0.1) is 33.5 Å². The van der Waals surface area contributed by atoms with Gasteiger partial charge in [0, 0.05) is 49.0 Å². The van der Waals surface area contributed by atoms with Gasteiger partial charge in [0.1, 0.15) is 24.1 Å². The van der Waals surface area contributed by atoms with E-state index in [9.17, 15) is 24.3 Å². The molecule has 1 aromatic rings. The van der Waals surface area contributed by atoms with E-state index in [0.29, 0.717) is 18.4 Å². The molecule has 1 N–H and O–H groups in total. The van der Waals surface area contributed by atoms with Crippen LogP contribution in [0.3, 0.4) is 0 Å². The molecule has 0 aromatic heterocycles. The summed E-state index contributed by atoms with van der Waals surface area (Å²) < 4.78 is 18.5. The SMILES string of the molecule is C=C1[C@@H](OC(=O)C[C@H](c2ccccc2)N(C)C)CC[C@@]2(C)[C@@H](O)[C@H](OC(C)=O)[C@@]34[C@H](C)C(=O)C[C@@H]([C@@H](OC(C)=O)[C@@]132)C4(C)C. The third-order valence-electron chi connectivity index (χ3n) is 12.2. The Balaban J connectivity index is 1.64. The molecule has 2 spiro atoms. The van der Waals surface area contributed by atoms with E-state index in [-0.39, 0.29) is 24.7 Å². The van der Waals surface area contributed by atoms with Gasteiger partial charge in [-0.15, -0.1) is 0 Å². The highest BCUT2D eigenvalue weighted by Crippen LogP contribution is 2.86. The maximum Gasteiger partial charge on any atom is 0.308 e. The summed E-state index contributed by atoms with van der Waals surface area (Å²) in [6.45, 7) is 15.0. The Kier molecular flexibility index (Phi) is 7.94. The van der Waals surface area contributed by atoms with Crippen molar-refractivity contribution in [3.8, 4) is 0 Å². The van der Waals surface area contributed by atoms with E-state index >= 15 is 0 Å². The standard InChI is InChI=1S/C35H47NO8/c1-19-26(39)17-24-30(42-21(3)37)35-20(2)27(44-28(40)18-25(36(8)9)23-13-11-10-12-14-23)15-16-33(35,7)29(41)31(43-22(4)38)34(19,35)32(24,5)6/h10-14,19,24-25,27,29-31,41H,2,15-18H2,1,3-9H3/t19-,24+,25-,27+,29+,30-,31+,33+,34-,35-/m1/s1. The fourth-order valence-corrected chi connectivity index (χ4v) is 10.6. The van der Waals surface area contributed by atoms with Crippen molar-refractivity contribution >= 4 is 23.7 Å². The van der Waals surface area contributed by atoms with Gasteiger partial charge in [0.15, 0.2) is 0 Å². The van der Waals surface area contributed by atoms with E-state index in [1.807, 2.05) is 77.0 Å². The number of carbonyl (C=O) groups is 4. The molecule has 5 rings (SSSR count). The van der Waals surface area contributed by atoms with Crippen molar-refractivity contribution < 1.29 is 38.5 Å². The van der Waals surface area contributed by atoms with Crippen LogP contribution in [0.1, 0.15) is 78.8 Å². The lowest BCUT2D eigenvalue weighted by Gasteiger charge is -2.60. The van der Waals surface area contributed by atoms with E-state index in [1.165, 1.54) is 13.8 Å². The van der Waals surface area contributed by atoms with Crippen LogP contribution in [0.15, 0.2) is 42.5 Å². The summed E-state index contributed by atoms with van der Waals surface area (Å²) in [5, 5.41) is 12.2. The lowest BCUT2D eigenvalue weighted by Crippen LogP contribution is -2.63. The predicted octanol–water partition coefficient (Wildman–Crippen LogP) is 4.42. The van der Waals surface area contributed by atoms with Crippen LogP contribution in [0.2, 0.25) is 0 Å². The maximum absolute atomic E-state index is 13.8. The van der Waals surface area contributed by atoms with E-state index in [1.54, 1.807) is 0 Å². The number of fused-ring (bicyclic) bond motifs is 1. The molecule has 4 aliphatic carbocycles. The zero-order valence-corrected chi connectivity index (χ0v) is 27.2. The Morgan fingerprint density at radius 1 is 1.02 bits per heavy atom. The van der Waals surface area contributed by atoms with Crippen LogP contribution < -0.4 is 0 Å². The first kappa shape index (κ1) is 32.4. The van der Waals surface area contributed by atoms with E-state index in [0.717, 1.165) is 5.56 Å². The third kappa shape index (κ3) is 4.03. The molecule has 2 bridgehead atoms. The normalized spacial score (nSPS) is 39.3. The first-order chi connectivity index (χ1) is 20.5. The van der Waals surface area contributed by atoms with Gasteiger partial charge in [-0.2, -0.15) is 0 Å². The van der Waals surface area contributed by atoms with Crippen LogP contribution in [-0.4, -0.2) is 72.2 Å². The van der Waals surface area contributed by atoms with Crippen LogP contribution in [0.4, 0.5) is 0 Å². The molecular weight excluding hydrogens is 562 g/mol. The van der Waals surface area contributed by atoms with E-state index in [2.05, 4.69) is 6.58 Å². The van der Waals surface area contributed by atoms with Gasteiger partial charge in [-0.25, -0.2) is 0 Å². The van der Waals surface area contributed by atoms with Gasteiger partial charge in [0.05, 0.1) is 17.9 Å². The van der Waals surface area contributed by atoms with Crippen LogP contribution in [0.5, 0.6) is 0 Å². The summed E-state index contributed by atoms with van der Waals surface area (Å²) in [4.78, 5) is 54.9. The molecule has 0 saturated heterocycles. The van der Waals surface area contributed by atoms with Crippen LogP contribution in [-0.2, 0) is 33.4 Å². The maximum atomic E-state index is 13.8. The van der Waals surface area contributed by atoms with Crippen molar-refractivity contribution in [1.82, 2.24) is 4.90 Å². The number of aliphatic hydroxyl groups is 1. The average molecular weight is 610 g/mol. The monoisotopic (exact) mass is 609 g/mol. The van der Waals surface area contributed by atoms with Crippen LogP contribution in [0.25, 0.3) is 0 Å². The Bertz CT molecular complexity index is 1370. The number of ketones is 1. The molecule has 0 heterocycles. The van der Waals surface area contributed by atoms with Crippen molar-refractivity contribution in [2.75, 3.05) is 14.1 Å². The second-order valence-electron chi connectivity index (χ2n) is 14.5. The molecule has 9 nitrogen and oxygen atoms in total. The number of hydrogen-bond acceptors (Lipinski definition) is 9. The number of rotatable bonds is 7. The van der Waals surface area contributed by atoms with Gasteiger partial charge in [0.2, 0.25) is 0 Å². The lowest BCUT2D eigenvalue weighted by molar-refractivity contribution is -0.191. The minimum absolute atomic E-state index is 0.0411. The molecule has 4 fully saturated rings. The minimum Gasteiger partial charge on any atom is -0.461 e. The second kappa shape index (κ2) is 10.8. The molecule has 0 unspecified atom stereocenters. The summed E-state index contributed by atoms with van der Waals surface area (Å²) in [6.07, 6.45) is -2.82. The summed E-state index contributed by atoms with van der Waals surface area (Å²) in [6, 6.07) is 9.53. The van der Waals surface area contributed by atoms with E-state index < -0.39 is 75.8 Å². The van der Waals surface area contributed by atoms with Crippen molar-refractivity contribution in [1.29, 1.82) is 0 Å². The summed E-state index contributed by atoms with van der Waals surface area (Å²) in [7, 11) is 3.83. The van der Waals surface area contributed by atoms with Crippen molar-refractivity contribution in [2.45, 2.75) is 97.7 Å². The molecular formula is C35H47NO8. The topological polar surface area (TPSA) is 119 Å². The number of carbonyl (C=O) groups excluding carboxylic acids is 4. The Labute approximate surface area is 260 Å². The molecule has 44 heavy (non-hydrogen) atoms. The second-order valence-corrected chi connectivity index (χ2v) is 14.5. The van der Waals surface area contributed by atoms with Crippen LogP contribution >= 0.6 is 0 Å². The van der Waals surface area contributed by atoms with Gasteiger partial charge in [0.25, 0.3) is 0 Å². The first-order valence-electron chi connectivity index (χ1n) is 15.6. The van der Waals surface area contributed by atoms with Gasteiger partial charge in [-0.3, -0.25) is 19.2 Å². The number of Topliss-reactive ketones (excluding diaryl/α,β-unsaturated/α-hetero) is 1. The fraction of sp³-hybridized carbons (Fsp3) is 0.657. The zero-order chi connectivity index (χ0) is 32.6. The highest BCUT2D eigenvalue weighted by atomic mass is 16.6. The van der Waals surface area contributed by atoms with Gasteiger partial charge in [-0.1, -0.05) is 64.6 Å². The Morgan fingerprint density at radius 3 is 2.18 bits per heavy atom. The van der Waals surface area contributed by atoms with Gasteiger partial charge < -0.3 is 24.2 Å². The predicted molar refractivity (Wildman–Crippen MR) is 162 cm³/mol. The summed E-state index contributed by atoms with van der Waals surface area (Å²) in [5.41, 5.74) is -2.66. The molecule has 0 radical (unpaired) electrons. The van der Waals surface area contributed by atoms with Gasteiger partial charge in [-0.05, 0) is 43.5 Å². The average Bonchev–Trinajstić information content (AvgIpc) is 3.17. The number of nitrogens with zero attached hydrogens (tertiary/aromatic N) is 1. The molecule has 4 aliphatic rings. The smallest absolute Gasteiger partial charge is 0.308 e. The molecule has 10 atom stereocenters. The molecule has 0 amide bonds. The Morgan fingerprint density at radius 2 is 1.61 bits per heavy atom. The number of ether oxygens (including phenoxy) is 3. The third-order valence-corrected chi connectivity index (χ3v) is 12.2. The number of hydrogen-bond donors (Lipinski definition) is 1. The summed E-state index contributed by atoms with van der Waals surface area (Å²) in [5.74, 6) is -2.63. The molecule has 4 saturated carbocycles. The number of benzene rings is 1. The molecule has 240 valence electrons. The lowest BCUT2D eigenvalue weighted by atomic mass is 9.42. The quantitative estimate of drug-likeness (QED) is 0.272. The van der Waals surface area contributed by atoms with Crippen molar-refractivity contribution in [3.05, 3.63) is 48.0 Å². The summed E-state index contributed by atoms with van der Waals surface area (Å²) >= 11 is 0. The van der Waals surface area contributed by atoms with E-state index in [4.69, 9.17) is 14.2 Å². The number of esters is 3. The molecule has 0 aliphatic heterocycles. The zero-order valence-electron chi connectivity index (χ0n) is 27.2. The highest BCUT2D eigenvalue weighted by Gasteiger charge is 2.91.